The maximum atomic E-state index is 12.6. The molecule has 1 saturated heterocycles. The fourth-order valence-electron chi connectivity index (χ4n) is 2.77. The first kappa shape index (κ1) is 19.5. The first-order chi connectivity index (χ1) is 11.9. The summed E-state index contributed by atoms with van der Waals surface area (Å²) in [6, 6.07) is 4.82. The molecule has 0 aromatic heterocycles. The number of hydrogen-bond donors (Lipinski definition) is 2. The van der Waals surface area contributed by atoms with Crippen molar-refractivity contribution in [2.75, 3.05) is 52.2 Å². The van der Waals surface area contributed by atoms with Gasteiger partial charge in [-0.05, 0) is 25.1 Å². The summed E-state index contributed by atoms with van der Waals surface area (Å²) in [6.45, 7) is 5.25. The normalized spacial score (nSPS) is 17.0. The zero-order chi connectivity index (χ0) is 18.4. The average molecular weight is 369 g/mol. The molecular weight excluding hydrogens is 344 g/mol. The Labute approximate surface area is 153 Å². The molecule has 1 fully saturated rings. The number of methoxy groups -OCH3 is 1. The van der Waals surface area contributed by atoms with E-state index >= 15 is 0 Å². The van der Waals surface area contributed by atoms with Crippen LogP contribution in [-0.4, -0.2) is 74.5 Å². The highest BCUT2D eigenvalue weighted by Crippen LogP contribution is 2.28. The Morgan fingerprint density at radius 1 is 1.28 bits per heavy atom. The lowest BCUT2D eigenvalue weighted by Gasteiger charge is -2.37. The van der Waals surface area contributed by atoms with Crippen molar-refractivity contribution in [1.82, 2.24) is 15.1 Å². The van der Waals surface area contributed by atoms with Crippen molar-refractivity contribution >= 4 is 29.1 Å². The summed E-state index contributed by atoms with van der Waals surface area (Å²) >= 11 is 6.00. The standard InChI is InChI=1S/C17H25ClN4O3/c1-12(22-8-6-21(7-9-22)11-16(23)19-2)17(24)20-14-10-13(18)4-5-15(14)25-3/h4-5,10,12H,6-9,11H2,1-3H3,(H,19,23)(H,20,24)/t12-/m1/s1. The molecular formula is C17H25ClN4O3. The molecule has 8 heteroatoms. The highest BCUT2D eigenvalue weighted by Gasteiger charge is 2.26. The van der Waals surface area contributed by atoms with Gasteiger partial charge >= 0.3 is 0 Å². The molecule has 0 spiro atoms. The second-order valence-electron chi connectivity index (χ2n) is 6.00. The number of rotatable bonds is 6. The number of hydrogen-bond acceptors (Lipinski definition) is 5. The zero-order valence-electron chi connectivity index (χ0n) is 14.8. The van der Waals surface area contributed by atoms with Crippen LogP contribution < -0.4 is 15.4 Å². The second-order valence-corrected chi connectivity index (χ2v) is 6.43. The molecule has 1 heterocycles. The van der Waals surface area contributed by atoms with Crippen LogP contribution in [0.2, 0.25) is 5.02 Å². The molecule has 1 aliphatic heterocycles. The molecule has 138 valence electrons. The number of ether oxygens (including phenoxy) is 1. The minimum Gasteiger partial charge on any atom is -0.495 e. The van der Waals surface area contributed by atoms with E-state index in [0.29, 0.717) is 23.0 Å². The van der Waals surface area contributed by atoms with Crippen LogP contribution in [0.15, 0.2) is 18.2 Å². The number of nitrogens with zero attached hydrogens (tertiary/aromatic N) is 2. The van der Waals surface area contributed by atoms with Gasteiger partial charge in [0.2, 0.25) is 11.8 Å². The summed E-state index contributed by atoms with van der Waals surface area (Å²) in [4.78, 5) is 28.2. The number of amides is 2. The fraction of sp³-hybridized carbons (Fsp3) is 0.529. The van der Waals surface area contributed by atoms with E-state index in [1.165, 1.54) is 0 Å². The van der Waals surface area contributed by atoms with Gasteiger partial charge in [-0.25, -0.2) is 0 Å². The Balaban J connectivity index is 1.91. The van der Waals surface area contributed by atoms with Crippen molar-refractivity contribution in [3.05, 3.63) is 23.2 Å². The summed E-state index contributed by atoms with van der Waals surface area (Å²) in [6.07, 6.45) is 0. The van der Waals surface area contributed by atoms with Crippen molar-refractivity contribution < 1.29 is 14.3 Å². The third kappa shape index (κ3) is 5.32. The van der Waals surface area contributed by atoms with Crippen molar-refractivity contribution in [2.24, 2.45) is 0 Å². The molecule has 1 aromatic rings. The lowest BCUT2D eigenvalue weighted by atomic mass is 10.2. The summed E-state index contributed by atoms with van der Waals surface area (Å²) < 4.78 is 5.26. The van der Waals surface area contributed by atoms with Crippen molar-refractivity contribution in [1.29, 1.82) is 0 Å². The van der Waals surface area contributed by atoms with Crippen LogP contribution in [0.5, 0.6) is 5.75 Å². The van der Waals surface area contributed by atoms with Crippen LogP contribution in [0.1, 0.15) is 6.92 Å². The van der Waals surface area contributed by atoms with Crippen molar-refractivity contribution in [3.63, 3.8) is 0 Å². The van der Waals surface area contributed by atoms with E-state index in [9.17, 15) is 9.59 Å². The lowest BCUT2D eigenvalue weighted by Crippen LogP contribution is -2.54. The smallest absolute Gasteiger partial charge is 0.241 e. The summed E-state index contributed by atoms with van der Waals surface area (Å²) in [5, 5.41) is 6.04. The van der Waals surface area contributed by atoms with Gasteiger partial charge in [0.05, 0.1) is 25.4 Å². The lowest BCUT2D eigenvalue weighted by molar-refractivity contribution is -0.124. The second kappa shape index (κ2) is 9.03. The van der Waals surface area contributed by atoms with E-state index in [2.05, 4.69) is 20.4 Å². The van der Waals surface area contributed by atoms with Gasteiger partial charge in [0, 0.05) is 38.2 Å². The molecule has 1 atom stereocenters. The predicted octanol–water partition coefficient (Wildman–Crippen LogP) is 1.04. The number of carbonyl (C=O) groups is 2. The highest BCUT2D eigenvalue weighted by atomic mass is 35.5. The average Bonchev–Trinajstić information content (AvgIpc) is 2.61. The van der Waals surface area contributed by atoms with Gasteiger partial charge < -0.3 is 15.4 Å². The number of carbonyl (C=O) groups excluding carboxylic acids is 2. The van der Waals surface area contributed by atoms with E-state index in [1.54, 1.807) is 32.4 Å². The Kier molecular flexibility index (Phi) is 7.04. The van der Waals surface area contributed by atoms with Gasteiger partial charge in [0.15, 0.2) is 0 Å². The minimum atomic E-state index is -0.286. The van der Waals surface area contributed by atoms with Crippen LogP contribution in [0.25, 0.3) is 0 Å². The molecule has 0 aliphatic carbocycles. The van der Waals surface area contributed by atoms with E-state index in [1.807, 2.05) is 6.92 Å². The number of anilines is 1. The fourth-order valence-corrected chi connectivity index (χ4v) is 2.94. The quantitative estimate of drug-likeness (QED) is 0.784. The Bertz CT molecular complexity index is 618. The van der Waals surface area contributed by atoms with E-state index in [0.717, 1.165) is 26.2 Å². The largest absolute Gasteiger partial charge is 0.495 e. The molecule has 0 bridgehead atoms. The maximum absolute atomic E-state index is 12.6. The monoisotopic (exact) mass is 368 g/mol. The number of likely N-dealkylation sites (N-methyl/N-ethyl adjacent to an activating group) is 1. The van der Waals surface area contributed by atoms with Gasteiger partial charge in [-0.15, -0.1) is 0 Å². The molecule has 0 unspecified atom stereocenters. The van der Waals surface area contributed by atoms with Crippen LogP contribution in [0.4, 0.5) is 5.69 Å². The molecule has 0 radical (unpaired) electrons. The molecule has 25 heavy (non-hydrogen) atoms. The SMILES string of the molecule is CNC(=O)CN1CCN([C@H](C)C(=O)Nc2cc(Cl)ccc2OC)CC1. The van der Waals surface area contributed by atoms with Crippen LogP contribution >= 0.6 is 11.6 Å². The first-order valence-electron chi connectivity index (χ1n) is 8.26. The summed E-state index contributed by atoms with van der Waals surface area (Å²) in [7, 11) is 3.18. The molecule has 1 aromatic carbocycles. The molecule has 0 saturated carbocycles. The number of benzene rings is 1. The maximum Gasteiger partial charge on any atom is 0.241 e. The molecule has 1 aliphatic rings. The topological polar surface area (TPSA) is 73.9 Å². The number of halogens is 1. The number of piperazine rings is 1. The Morgan fingerprint density at radius 3 is 2.56 bits per heavy atom. The predicted molar refractivity (Wildman–Crippen MR) is 98.2 cm³/mol. The number of nitrogens with one attached hydrogen (secondary N) is 2. The van der Waals surface area contributed by atoms with Crippen LogP contribution in [0.3, 0.4) is 0 Å². The van der Waals surface area contributed by atoms with Gasteiger partial charge in [-0.1, -0.05) is 11.6 Å². The van der Waals surface area contributed by atoms with Gasteiger partial charge in [0.1, 0.15) is 5.75 Å². The van der Waals surface area contributed by atoms with Crippen molar-refractivity contribution in [2.45, 2.75) is 13.0 Å². The molecule has 2 amide bonds. The van der Waals surface area contributed by atoms with Crippen LogP contribution in [0, 0.1) is 0 Å². The summed E-state index contributed by atoms with van der Waals surface area (Å²) in [5.74, 6) is 0.466. The van der Waals surface area contributed by atoms with Crippen LogP contribution in [-0.2, 0) is 9.59 Å². The van der Waals surface area contributed by atoms with Gasteiger partial charge in [-0.2, -0.15) is 0 Å². The van der Waals surface area contributed by atoms with E-state index in [-0.39, 0.29) is 17.9 Å². The summed E-state index contributed by atoms with van der Waals surface area (Å²) in [5.41, 5.74) is 0.560. The van der Waals surface area contributed by atoms with E-state index < -0.39 is 0 Å². The molecule has 2 rings (SSSR count). The molecule has 2 N–H and O–H groups in total. The Morgan fingerprint density at radius 2 is 1.96 bits per heavy atom. The third-order valence-corrected chi connectivity index (χ3v) is 4.63. The zero-order valence-corrected chi connectivity index (χ0v) is 15.6. The van der Waals surface area contributed by atoms with Gasteiger partial charge in [-0.3, -0.25) is 19.4 Å². The molecule has 7 nitrogen and oxygen atoms in total. The third-order valence-electron chi connectivity index (χ3n) is 4.40. The Hall–Kier alpha value is -1.83. The van der Waals surface area contributed by atoms with E-state index in [4.69, 9.17) is 16.3 Å². The highest BCUT2D eigenvalue weighted by molar-refractivity contribution is 6.31. The van der Waals surface area contributed by atoms with Gasteiger partial charge in [0.25, 0.3) is 0 Å². The minimum absolute atomic E-state index is 0.00675. The first-order valence-corrected chi connectivity index (χ1v) is 8.63. The van der Waals surface area contributed by atoms with Crippen molar-refractivity contribution in [3.8, 4) is 5.75 Å².